The summed E-state index contributed by atoms with van der Waals surface area (Å²) >= 11 is 0. The van der Waals surface area contributed by atoms with Crippen LogP contribution in [0.4, 0.5) is 13.2 Å². The Hall–Kier alpha value is -4.06. The van der Waals surface area contributed by atoms with Crippen molar-refractivity contribution in [3.8, 4) is 17.0 Å². The van der Waals surface area contributed by atoms with Gasteiger partial charge in [0.1, 0.15) is 17.9 Å². The second-order valence-corrected chi connectivity index (χ2v) is 9.82. The normalized spacial score (nSPS) is 11.8. The first-order valence-electron chi connectivity index (χ1n) is 12.5. The van der Waals surface area contributed by atoms with E-state index < -0.39 is 11.7 Å². The van der Waals surface area contributed by atoms with Crippen LogP contribution in [0, 0.1) is 27.7 Å². The first-order chi connectivity index (χ1) is 18.1. The molecule has 4 aromatic carbocycles. The lowest BCUT2D eigenvalue weighted by Crippen LogP contribution is -2.07. The highest BCUT2D eigenvalue weighted by atomic mass is 19.4. The number of hydrogen-bond acceptors (Lipinski definition) is 2. The fraction of sp³-hybridized carbons (Fsp3) is 0.219. The summed E-state index contributed by atoms with van der Waals surface area (Å²) in [5.74, 6) is 0.692. The predicted molar refractivity (Wildman–Crippen MR) is 145 cm³/mol. The summed E-state index contributed by atoms with van der Waals surface area (Å²) in [6, 6.07) is 24.0. The van der Waals surface area contributed by atoms with Crippen LogP contribution in [-0.4, -0.2) is 9.78 Å². The van der Waals surface area contributed by atoms with E-state index in [2.05, 4.69) is 37.1 Å². The number of nitrogens with zero attached hydrogens (tertiary/aromatic N) is 2. The lowest BCUT2D eigenvalue weighted by atomic mass is 10.0. The molecule has 0 amide bonds. The minimum Gasteiger partial charge on any atom is -0.489 e. The van der Waals surface area contributed by atoms with Gasteiger partial charge in [-0.25, -0.2) is 0 Å². The van der Waals surface area contributed by atoms with E-state index in [0.717, 1.165) is 33.9 Å². The Labute approximate surface area is 220 Å². The number of alkyl halides is 3. The number of aromatic nitrogens is 2. The first kappa shape index (κ1) is 25.6. The Morgan fingerprint density at radius 2 is 1.47 bits per heavy atom. The zero-order valence-corrected chi connectivity index (χ0v) is 21.9. The molecule has 0 spiro atoms. The van der Waals surface area contributed by atoms with Crippen LogP contribution >= 0.6 is 0 Å². The molecule has 0 aliphatic rings. The molecule has 0 aliphatic heterocycles. The number of hydrogen-bond donors (Lipinski definition) is 0. The van der Waals surface area contributed by atoms with Gasteiger partial charge >= 0.3 is 6.18 Å². The Morgan fingerprint density at radius 1 is 0.789 bits per heavy atom. The van der Waals surface area contributed by atoms with Crippen molar-refractivity contribution in [2.45, 2.75) is 47.0 Å². The van der Waals surface area contributed by atoms with Gasteiger partial charge in [0.2, 0.25) is 0 Å². The van der Waals surface area contributed by atoms with Crippen LogP contribution in [0.3, 0.4) is 0 Å². The van der Waals surface area contributed by atoms with E-state index in [9.17, 15) is 13.2 Å². The van der Waals surface area contributed by atoms with E-state index in [1.165, 1.54) is 17.2 Å². The van der Waals surface area contributed by atoms with Gasteiger partial charge in [-0.1, -0.05) is 54.1 Å². The lowest BCUT2D eigenvalue weighted by molar-refractivity contribution is -0.136. The number of ether oxygens (including phenoxy) is 1. The summed E-state index contributed by atoms with van der Waals surface area (Å²) in [7, 11) is 0. The largest absolute Gasteiger partial charge is 0.489 e. The van der Waals surface area contributed by atoms with Gasteiger partial charge in [-0.3, -0.25) is 4.68 Å². The fourth-order valence-electron chi connectivity index (χ4n) is 4.93. The molecule has 5 aromatic rings. The molecule has 5 rings (SSSR count). The third-order valence-electron chi connectivity index (χ3n) is 7.05. The van der Waals surface area contributed by atoms with Gasteiger partial charge in [0, 0.05) is 10.9 Å². The third kappa shape index (κ3) is 5.03. The van der Waals surface area contributed by atoms with Gasteiger partial charge in [0.25, 0.3) is 0 Å². The number of rotatable bonds is 6. The van der Waals surface area contributed by atoms with Crippen LogP contribution in [0.5, 0.6) is 5.75 Å². The molecule has 0 unspecified atom stereocenters. The Morgan fingerprint density at radius 3 is 2.13 bits per heavy atom. The quantitative estimate of drug-likeness (QED) is 0.227. The molecule has 0 N–H and O–H groups in total. The molecule has 6 heteroatoms. The topological polar surface area (TPSA) is 27.1 Å². The van der Waals surface area contributed by atoms with Crippen molar-refractivity contribution in [3.63, 3.8) is 0 Å². The third-order valence-corrected chi connectivity index (χ3v) is 7.05. The lowest BCUT2D eigenvalue weighted by Gasteiger charge is -2.13. The second-order valence-electron chi connectivity index (χ2n) is 9.82. The summed E-state index contributed by atoms with van der Waals surface area (Å²) < 4.78 is 49.3. The Bertz CT molecular complexity index is 1590. The summed E-state index contributed by atoms with van der Waals surface area (Å²) in [5.41, 5.74) is 7.34. The van der Waals surface area contributed by atoms with Crippen molar-refractivity contribution in [1.82, 2.24) is 9.78 Å². The van der Waals surface area contributed by atoms with Crippen molar-refractivity contribution in [3.05, 3.63) is 118 Å². The number of fused-ring (bicyclic) bond motifs is 1. The van der Waals surface area contributed by atoms with E-state index in [1.807, 2.05) is 56.3 Å². The maximum atomic E-state index is 13.9. The maximum absolute atomic E-state index is 13.9. The highest BCUT2D eigenvalue weighted by Gasteiger charge is 2.34. The molecular weight excluding hydrogens is 485 g/mol. The fourth-order valence-corrected chi connectivity index (χ4v) is 4.93. The molecule has 194 valence electrons. The minimum atomic E-state index is -4.50. The van der Waals surface area contributed by atoms with Crippen LogP contribution in [-0.2, 0) is 19.3 Å². The van der Waals surface area contributed by atoms with E-state index in [0.29, 0.717) is 30.0 Å². The molecule has 1 aromatic heterocycles. The van der Waals surface area contributed by atoms with Gasteiger partial charge in [0.05, 0.1) is 17.8 Å². The minimum absolute atomic E-state index is 0.0462. The van der Waals surface area contributed by atoms with Gasteiger partial charge in [-0.15, -0.1) is 0 Å². The van der Waals surface area contributed by atoms with Crippen LogP contribution in [0.2, 0.25) is 0 Å². The predicted octanol–water partition coefficient (Wildman–Crippen LogP) is 8.58. The molecule has 0 aliphatic carbocycles. The van der Waals surface area contributed by atoms with Gasteiger partial charge in [0.15, 0.2) is 0 Å². The second kappa shape index (κ2) is 10.0. The molecule has 0 saturated heterocycles. The number of halogens is 3. The van der Waals surface area contributed by atoms with Crippen molar-refractivity contribution in [1.29, 1.82) is 0 Å². The molecule has 0 atom stereocenters. The highest BCUT2D eigenvalue weighted by molar-refractivity contribution is 5.95. The molecule has 0 saturated carbocycles. The smallest absolute Gasteiger partial charge is 0.418 e. The Balaban J connectivity index is 1.54. The summed E-state index contributed by atoms with van der Waals surface area (Å²) in [5, 5.41) is 4.96. The monoisotopic (exact) mass is 514 g/mol. The average Bonchev–Trinajstić information content (AvgIpc) is 3.23. The molecule has 38 heavy (non-hydrogen) atoms. The molecule has 0 radical (unpaired) electrons. The summed E-state index contributed by atoms with van der Waals surface area (Å²) in [4.78, 5) is 0. The molecule has 3 nitrogen and oxygen atoms in total. The SMILES string of the molecule is Cc1ccc(Cn2nc3c(C(F)(F)F)cccc3c2-c2ccc(OCc3c(C)cccc3C)cc2)c(C)c1. The van der Waals surface area contributed by atoms with Crippen LogP contribution in [0.25, 0.3) is 22.2 Å². The highest BCUT2D eigenvalue weighted by Crippen LogP contribution is 2.38. The summed E-state index contributed by atoms with van der Waals surface area (Å²) in [6.45, 7) is 8.95. The number of benzene rings is 4. The van der Waals surface area contributed by atoms with E-state index in [4.69, 9.17) is 4.74 Å². The molecular formula is C32H29F3N2O. The van der Waals surface area contributed by atoms with Crippen molar-refractivity contribution in [2.24, 2.45) is 0 Å². The zero-order chi connectivity index (χ0) is 27.0. The van der Waals surface area contributed by atoms with Gasteiger partial charge in [-0.05, 0) is 85.8 Å². The molecule has 1 heterocycles. The van der Waals surface area contributed by atoms with E-state index >= 15 is 0 Å². The van der Waals surface area contributed by atoms with E-state index in [-0.39, 0.29) is 5.52 Å². The standard InChI is InChI=1S/C32H29F3N2O/c1-20-11-12-25(23(4)17-20)18-37-31(27-9-6-10-29(30(27)36-37)32(33,34)35)24-13-15-26(16-14-24)38-19-28-21(2)7-5-8-22(28)3/h5-17H,18-19H2,1-4H3. The number of aryl methyl sites for hydroxylation is 4. The van der Waals surface area contributed by atoms with Crippen LogP contribution in [0.15, 0.2) is 78.9 Å². The van der Waals surface area contributed by atoms with E-state index in [1.54, 1.807) is 10.7 Å². The Kier molecular flexibility index (Phi) is 6.74. The molecule has 0 fully saturated rings. The van der Waals surface area contributed by atoms with Gasteiger partial charge in [-0.2, -0.15) is 18.3 Å². The van der Waals surface area contributed by atoms with Gasteiger partial charge < -0.3 is 4.74 Å². The van der Waals surface area contributed by atoms with Crippen molar-refractivity contribution < 1.29 is 17.9 Å². The summed E-state index contributed by atoms with van der Waals surface area (Å²) in [6.07, 6.45) is -4.50. The van der Waals surface area contributed by atoms with Crippen molar-refractivity contribution in [2.75, 3.05) is 0 Å². The van der Waals surface area contributed by atoms with Crippen LogP contribution in [0.1, 0.15) is 38.9 Å². The molecule has 0 bridgehead atoms. The first-order valence-corrected chi connectivity index (χ1v) is 12.5. The van der Waals surface area contributed by atoms with Crippen molar-refractivity contribution >= 4 is 10.9 Å². The maximum Gasteiger partial charge on any atom is 0.418 e. The average molecular weight is 515 g/mol. The van der Waals surface area contributed by atoms with Crippen LogP contribution < -0.4 is 4.74 Å². The zero-order valence-electron chi connectivity index (χ0n) is 21.9.